The van der Waals surface area contributed by atoms with Crippen molar-refractivity contribution < 1.29 is 0 Å². The van der Waals surface area contributed by atoms with Crippen molar-refractivity contribution in [3.05, 3.63) is 23.4 Å². The van der Waals surface area contributed by atoms with Crippen molar-refractivity contribution >= 4 is 5.82 Å². The van der Waals surface area contributed by atoms with Crippen molar-refractivity contribution in [2.45, 2.75) is 45.1 Å². The van der Waals surface area contributed by atoms with Crippen molar-refractivity contribution in [1.29, 1.82) is 5.26 Å². The molecular formula is C13H17N3. The maximum Gasteiger partial charge on any atom is 0.144 e. The summed E-state index contributed by atoms with van der Waals surface area (Å²) in [6, 6.07) is 4.60. The maximum absolute atomic E-state index is 9.10. The molecule has 0 spiro atoms. The topological polar surface area (TPSA) is 48.7 Å². The van der Waals surface area contributed by atoms with E-state index in [-0.39, 0.29) is 0 Å². The van der Waals surface area contributed by atoms with Gasteiger partial charge >= 0.3 is 0 Å². The summed E-state index contributed by atoms with van der Waals surface area (Å²) in [6.45, 7) is 1.95. The number of aromatic nitrogens is 1. The first-order valence-electron chi connectivity index (χ1n) is 5.93. The Bertz CT molecular complexity index is 400. The summed E-state index contributed by atoms with van der Waals surface area (Å²) in [7, 11) is 0. The van der Waals surface area contributed by atoms with E-state index in [0.717, 1.165) is 11.4 Å². The van der Waals surface area contributed by atoms with Crippen LogP contribution in [-0.2, 0) is 0 Å². The van der Waals surface area contributed by atoms with Gasteiger partial charge in [-0.1, -0.05) is 19.3 Å². The molecule has 0 atom stereocenters. The number of rotatable bonds is 2. The Hall–Kier alpha value is -1.56. The van der Waals surface area contributed by atoms with Crippen LogP contribution in [0, 0.1) is 18.3 Å². The molecule has 1 aromatic heterocycles. The van der Waals surface area contributed by atoms with Gasteiger partial charge in [0.2, 0.25) is 0 Å². The standard InChI is InChI=1S/C13H17N3/c1-10-7-8-15-13(12(10)9-14)16-11-5-3-2-4-6-11/h7-8,11H,2-6H2,1H3,(H,15,16). The Morgan fingerprint density at radius 3 is 2.81 bits per heavy atom. The Morgan fingerprint density at radius 1 is 1.38 bits per heavy atom. The Balaban J connectivity index is 2.14. The highest BCUT2D eigenvalue weighted by atomic mass is 15.0. The predicted octanol–water partition coefficient (Wildman–Crippen LogP) is 3.01. The lowest BCUT2D eigenvalue weighted by atomic mass is 9.95. The first-order chi connectivity index (χ1) is 7.81. The zero-order valence-corrected chi connectivity index (χ0v) is 9.66. The average molecular weight is 215 g/mol. The van der Waals surface area contributed by atoms with Crippen molar-refractivity contribution in [2.75, 3.05) is 5.32 Å². The number of pyridine rings is 1. The zero-order valence-electron chi connectivity index (χ0n) is 9.66. The fraction of sp³-hybridized carbons (Fsp3) is 0.538. The summed E-state index contributed by atoms with van der Waals surface area (Å²) in [5.41, 5.74) is 1.68. The van der Waals surface area contributed by atoms with Gasteiger partial charge in [0.25, 0.3) is 0 Å². The van der Waals surface area contributed by atoms with E-state index in [2.05, 4.69) is 16.4 Å². The van der Waals surface area contributed by atoms with Gasteiger partial charge in [0.15, 0.2) is 0 Å². The molecule has 1 heterocycles. The Kier molecular flexibility index (Phi) is 3.40. The first-order valence-corrected chi connectivity index (χ1v) is 5.93. The molecule has 1 N–H and O–H groups in total. The van der Waals surface area contributed by atoms with E-state index < -0.39 is 0 Å². The van der Waals surface area contributed by atoms with Gasteiger partial charge in [-0.05, 0) is 31.4 Å². The lowest BCUT2D eigenvalue weighted by Crippen LogP contribution is -2.23. The molecule has 0 bridgehead atoms. The minimum atomic E-state index is 0.496. The molecule has 1 saturated carbocycles. The highest BCUT2D eigenvalue weighted by molar-refractivity contribution is 5.55. The lowest BCUT2D eigenvalue weighted by molar-refractivity contribution is 0.462. The summed E-state index contributed by atoms with van der Waals surface area (Å²) < 4.78 is 0. The van der Waals surface area contributed by atoms with Gasteiger partial charge in [-0.2, -0.15) is 5.26 Å². The smallest absolute Gasteiger partial charge is 0.144 e. The molecule has 1 fully saturated rings. The Labute approximate surface area is 96.5 Å². The quantitative estimate of drug-likeness (QED) is 0.825. The largest absolute Gasteiger partial charge is 0.366 e. The molecule has 1 aliphatic rings. The molecule has 3 nitrogen and oxygen atoms in total. The lowest BCUT2D eigenvalue weighted by Gasteiger charge is -2.23. The molecule has 1 aromatic rings. The van der Waals surface area contributed by atoms with E-state index in [1.165, 1.54) is 32.1 Å². The molecular weight excluding hydrogens is 198 g/mol. The molecule has 3 heteroatoms. The summed E-state index contributed by atoms with van der Waals surface area (Å²) in [5.74, 6) is 0.759. The van der Waals surface area contributed by atoms with Crippen molar-refractivity contribution in [1.82, 2.24) is 4.98 Å². The van der Waals surface area contributed by atoms with E-state index in [0.29, 0.717) is 11.6 Å². The fourth-order valence-electron chi connectivity index (χ4n) is 2.25. The van der Waals surface area contributed by atoms with Crippen LogP contribution in [0.25, 0.3) is 0 Å². The van der Waals surface area contributed by atoms with E-state index in [9.17, 15) is 0 Å². The zero-order chi connectivity index (χ0) is 11.4. The molecule has 2 rings (SSSR count). The predicted molar refractivity (Wildman–Crippen MR) is 64.2 cm³/mol. The van der Waals surface area contributed by atoms with Crippen LogP contribution in [0.5, 0.6) is 0 Å². The van der Waals surface area contributed by atoms with Gasteiger partial charge in [-0.25, -0.2) is 4.98 Å². The highest BCUT2D eigenvalue weighted by Crippen LogP contribution is 2.23. The third-order valence-corrected chi connectivity index (χ3v) is 3.22. The number of aryl methyl sites for hydroxylation is 1. The van der Waals surface area contributed by atoms with Crippen molar-refractivity contribution in [3.63, 3.8) is 0 Å². The Morgan fingerprint density at radius 2 is 2.12 bits per heavy atom. The van der Waals surface area contributed by atoms with E-state index in [1.807, 2.05) is 13.0 Å². The fourth-order valence-corrected chi connectivity index (χ4v) is 2.25. The van der Waals surface area contributed by atoms with Gasteiger partial charge < -0.3 is 5.32 Å². The van der Waals surface area contributed by atoms with Gasteiger partial charge in [0, 0.05) is 12.2 Å². The van der Waals surface area contributed by atoms with Crippen LogP contribution in [0.3, 0.4) is 0 Å². The molecule has 0 radical (unpaired) electrons. The number of hydrogen-bond acceptors (Lipinski definition) is 3. The third-order valence-electron chi connectivity index (χ3n) is 3.22. The number of nitrogens with zero attached hydrogens (tertiary/aromatic N) is 2. The molecule has 1 aliphatic carbocycles. The summed E-state index contributed by atoms with van der Waals surface area (Å²) in [6.07, 6.45) is 8.06. The van der Waals surface area contributed by atoms with E-state index in [4.69, 9.17) is 5.26 Å². The summed E-state index contributed by atoms with van der Waals surface area (Å²) >= 11 is 0. The second-order valence-electron chi connectivity index (χ2n) is 4.44. The second-order valence-corrected chi connectivity index (χ2v) is 4.44. The van der Waals surface area contributed by atoms with Crippen molar-refractivity contribution in [2.24, 2.45) is 0 Å². The first kappa shape index (κ1) is 10.9. The van der Waals surface area contributed by atoms with Crippen LogP contribution in [0.4, 0.5) is 5.82 Å². The van der Waals surface area contributed by atoms with Crippen LogP contribution >= 0.6 is 0 Å². The van der Waals surface area contributed by atoms with E-state index >= 15 is 0 Å². The van der Waals surface area contributed by atoms with Crippen LogP contribution < -0.4 is 5.32 Å². The number of nitriles is 1. The third kappa shape index (κ3) is 2.33. The van der Waals surface area contributed by atoms with Crippen molar-refractivity contribution in [3.8, 4) is 6.07 Å². The summed E-state index contributed by atoms with van der Waals surface area (Å²) in [5, 5.41) is 12.5. The minimum Gasteiger partial charge on any atom is -0.366 e. The monoisotopic (exact) mass is 215 g/mol. The number of nitrogens with one attached hydrogen (secondary N) is 1. The van der Waals surface area contributed by atoms with E-state index in [1.54, 1.807) is 6.20 Å². The molecule has 0 aromatic carbocycles. The molecule has 84 valence electrons. The molecule has 16 heavy (non-hydrogen) atoms. The van der Waals surface area contributed by atoms with Crippen LogP contribution in [0.1, 0.15) is 43.2 Å². The number of hydrogen-bond donors (Lipinski definition) is 1. The average Bonchev–Trinajstić information content (AvgIpc) is 2.31. The minimum absolute atomic E-state index is 0.496. The SMILES string of the molecule is Cc1ccnc(NC2CCCCC2)c1C#N. The second kappa shape index (κ2) is 4.98. The van der Waals surface area contributed by atoms with Gasteiger partial charge in [0.05, 0.1) is 5.56 Å². The van der Waals surface area contributed by atoms with Gasteiger partial charge in [-0.15, -0.1) is 0 Å². The van der Waals surface area contributed by atoms with Crippen LogP contribution in [0.2, 0.25) is 0 Å². The molecule has 0 saturated heterocycles. The molecule has 0 amide bonds. The van der Waals surface area contributed by atoms with Crippen LogP contribution in [0.15, 0.2) is 12.3 Å². The maximum atomic E-state index is 9.10. The van der Waals surface area contributed by atoms with Gasteiger partial charge in [-0.3, -0.25) is 0 Å². The highest BCUT2D eigenvalue weighted by Gasteiger charge is 2.15. The molecule has 0 aliphatic heterocycles. The normalized spacial score (nSPS) is 16.8. The summed E-state index contributed by atoms with van der Waals surface area (Å²) in [4.78, 5) is 4.27. The molecule has 0 unspecified atom stereocenters. The number of anilines is 1. The van der Waals surface area contributed by atoms with Gasteiger partial charge in [0.1, 0.15) is 11.9 Å². The van der Waals surface area contributed by atoms with Crippen LogP contribution in [-0.4, -0.2) is 11.0 Å².